The third-order valence-electron chi connectivity index (χ3n) is 5.90. The van der Waals surface area contributed by atoms with Crippen molar-refractivity contribution in [3.63, 3.8) is 0 Å². The highest BCUT2D eigenvalue weighted by molar-refractivity contribution is 7.15. The average molecular weight is 456 g/mol. The van der Waals surface area contributed by atoms with Crippen molar-refractivity contribution >= 4 is 28.6 Å². The number of rotatable bonds is 5. The number of hydrogen-bond donors (Lipinski definition) is 0. The van der Waals surface area contributed by atoms with Gasteiger partial charge < -0.3 is 4.74 Å². The number of ether oxygens (including phenoxy) is 1. The van der Waals surface area contributed by atoms with Crippen molar-refractivity contribution in [1.29, 1.82) is 0 Å². The SMILES string of the molecule is Cc1nnc2n1-c1sc(CCCN3CCOCC3)cc1C(c1ccccc1Cl)=NC2C. The summed E-state index contributed by atoms with van der Waals surface area (Å²) in [5.41, 5.74) is 3.02. The largest absolute Gasteiger partial charge is 0.379 e. The highest BCUT2D eigenvalue weighted by atomic mass is 35.5. The lowest BCUT2D eigenvalue weighted by Crippen LogP contribution is -2.36. The van der Waals surface area contributed by atoms with Crippen LogP contribution in [0.4, 0.5) is 0 Å². The number of morpholine rings is 1. The first kappa shape index (κ1) is 20.8. The lowest BCUT2D eigenvalue weighted by Gasteiger charge is -2.26. The molecule has 6 nitrogen and oxygen atoms in total. The second-order valence-electron chi connectivity index (χ2n) is 8.06. The molecule has 2 aromatic heterocycles. The number of aryl methyl sites for hydroxylation is 2. The molecule has 4 heterocycles. The lowest BCUT2D eigenvalue weighted by atomic mass is 10.0. The second kappa shape index (κ2) is 8.82. The van der Waals surface area contributed by atoms with Crippen LogP contribution in [0.5, 0.6) is 0 Å². The van der Waals surface area contributed by atoms with Crippen LogP contribution in [0, 0.1) is 6.92 Å². The Morgan fingerprint density at radius 3 is 2.77 bits per heavy atom. The van der Waals surface area contributed by atoms with Gasteiger partial charge >= 0.3 is 0 Å². The predicted octanol–water partition coefficient (Wildman–Crippen LogP) is 4.47. The molecule has 1 saturated heterocycles. The van der Waals surface area contributed by atoms with Gasteiger partial charge in [0.2, 0.25) is 0 Å². The van der Waals surface area contributed by atoms with E-state index in [9.17, 15) is 0 Å². The zero-order valence-electron chi connectivity index (χ0n) is 17.8. The van der Waals surface area contributed by atoms with Gasteiger partial charge in [0.25, 0.3) is 0 Å². The molecule has 1 unspecified atom stereocenters. The van der Waals surface area contributed by atoms with Crippen molar-refractivity contribution in [2.24, 2.45) is 4.99 Å². The van der Waals surface area contributed by atoms with Gasteiger partial charge in [0.05, 0.1) is 18.9 Å². The van der Waals surface area contributed by atoms with Crippen molar-refractivity contribution in [2.45, 2.75) is 32.7 Å². The van der Waals surface area contributed by atoms with Crippen molar-refractivity contribution in [3.8, 4) is 5.00 Å². The third-order valence-corrected chi connectivity index (χ3v) is 7.41. The molecule has 8 heteroatoms. The molecule has 31 heavy (non-hydrogen) atoms. The van der Waals surface area contributed by atoms with Crippen molar-refractivity contribution in [2.75, 3.05) is 32.8 Å². The van der Waals surface area contributed by atoms with Crippen LogP contribution in [0.15, 0.2) is 35.3 Å². The maximum absolute atomic E-state index is 6.59. The average Bonchev–Trinajstić information content (AvgIpc) is 3.34. The molecular formula is C23H26ClN5OS. The van der Waals surface area contributed by atoms with Gasteiger partial charge in [-0.05, 0) is 45.4 Å². The van der Waals surface area contributed by atoms with Crippen LogP contribution in [-0.4, -0.2) is 58.2 Å². The maximum Gasteiger partial charge on any atom is 0.162 e. The zero-order chi connectivity index (χ0) is 21.4. The molecule has 1 aromatic carbocycles. The molecule has 0 spiro atoms. The number of thiophene rings is 1. The van der Waals surface area contributed by atoms with Gasteiger partial charge in [0.1, 0.15) is 16.9 Å². The van der Waals surface area contributed by atoms with Crippen LogP contribution < -0.4 is 0 Å². The Bertz CT molecular complexity index is 1120. The molecule has 0 radical (unpaired) electrons. The molecule has 0 N–H and O–H groups in total. The number of benzene rings is 1. The van der Waals surface area contributed by atoms with E-state index < -0.39 is 0 Å². The molecule has 5 rings (SSSR count). The molecule has 1 atom stereocenters. The molecular weight excluding hydrogens is 430 g/mol. The highest BCUT2D eigenvalue weighted by Gasteiger charge is 2.28. The van der Waals surface area contributed by atoms with Crippen LogP contribution in [-0.2, 0) is 11.2 Å². The summed E-state index contributed by atoms with van der Waals surface area (Å²) < 4.78 is 7.63. The summed E-state index contributed by atoms with van der Waals surface area (Å²) in [7, 11) is 0. The van der Waals surface area contributed by atoms with E-state index in [4.69, 9.17) is 21.3 Å². The van der Waals surface area contributed by atoms with Crippen molar-refractivity contribution in [1.82, 2.24) is 19.7 Å². The molecule has 0 saturated carbocycles. The Balaban J connectivity index is 1.50. The van der Waals surface area contributed by atoms with E-state index in [1.54, 1.807) is 0 Å². The normalized spacial score (nSPS) is 18.9. The first-order valence-electron chi connectivity index (χ1n) is 10.8. The summed E-state index contributed by atoms with van der Waals surface area (Å²) in [4.78, 5) is 8.91. The van der Waals surface area contributed by atoms with E-state index in [-0.39, 0.29) is 6.04 Å². The summed E-state index contributed by atoms with van der Waals surface area (Å²) in [5, 5.41) is 10.6. The molecule has 0 bridgehead atoms. The summed E-state index contributed by atoms with van der Waals surface area (Å²) >= 11 is 8.41. The molecule has 3 aromatic rings. The van der Waals surface area contributed by atoms with Crippen LogP contribution >= 0.6 is 22.9 Å². The van der Waals surface area contributed by atoms with Crippen LogP contribution in [0.3, 0.4) is 0 Å². The Labute approximate surface area is 191 Å². The van der Waals surface area contributed by atoms with Gasteiger partial charge in [-0.15, -0.1) is 21.5 Å². The fourth-order valence-electron chi connectivity index (χ4n) is 4.28. The fourth-order valence-corrected chi connectivity index (χ4v) is 5.76. The lowest BCUT2D eigenvalue weighted by molar-refractivity contribution is 0.0375. The molecule has 2 aliphatic rings. The molecule has 2 aliphatic heterocycles. The van der Waals surface area contributed by atoms with Crippen LogP contribution in [0.2, 0.25) is 5.02 Å². The van der Waals surface area contributed by atoms with Crippen molar-refractivity contribution in [3.05, 3.63) is 63.0 Å². The van der Waals surface area contributed by atoms with E-state index >= 15 is 0 Å². The van der Waals surface area contributed by atoms with E-state index in [1.807, 2.05) is 42.5 Å². The minimum absolute atomic E-state index is 0.100. The first-order chi connectivity index (χ1) is 15.1. The number of halogens is 1. The number of fused-ring (bicyclic) bond motifs is 3. The Morgan fingerprint density at radius 2 is 1.97 bits per heavy atom. The number of aliphatic imine (C=N–C) groups is 1. The monoisotopic (exact) mass is 455 g/mol. The number of hydrogen-bond acceptors (Lipinski definition) is 6. The Hall–Kier alpha value is -2.06. The van der Waals surface area contributed by atoms with Gasteiger partial charge in [0.15, 0.2) is 5.82 Å². The summed E-state index contributed by atoms with van der Waals surface area (Å²) in [6, 6.07) is 10.1. The van der Waals surface area contributed by atoms with E-state index in [0.717, 1.165) is 79.2 Å². The number of nitrogens with zero attached hydrogens (tertiary/aromatic N) is 5. The molecule has 0 amide bonds. The zero-order valence-corrected chi connectivity index (χ0v) is 19.4. The smallest absolute Gasteiger partial charge is 0.162 e. The molecule has 1 fully saturated rings. The minimum Gasteiger partial charge on any atom is -0.379 e. The number of aromatic nitrogens is 3. The maximum atomic E-state index is 6.59. The standard InChI is InChI=1S/C23H26ClN5OS/c1-15-22-27-26-16(2)29(22)23-19(21(25-15)18-7-3-4-8-20(18)24)14-17(31-23)6-5-9-28-10-12-30-13-11-28/h3-4,7-8,14-15H,5-6,9-13H2,1-2H3. The third kappa shape index (κ3) is 4.07. The van der Waals surface area contributed by atoms with Gasteiger partial charge in [0, 0.05) is 34.1 Å². The van der Waals surface area contributed by atoms with Gasteiger partial charge in [-0.25, -0.2) is 0 Å². The van der Waals surface area contributed by atoms with Gasteiger partial charge in [-0.2, -0.15) is 0 Å². The van der Waals surface area contributed by atoms with Gasteiger partial charge in [-0.3, -0.25) is 14.5 Å². The fraction of sp³-hybridized carbons (Fsp3) is 0.435. The van der Waals surface area contributed by atoms with Crippen LogP contribution in [0.1, 0.15) is 47.0 Å². The van der Waals surface area contributed by atoms with E-state index in [2.05, 4.69) is 32.7 Å². The summed E-state index contributed by atoms with van der Waals surface area (Å²) in [6.07, 6.45) is 2.17. The minimum atomic E-state index is -0.100. The van der Waals surface area contributed by atoms with E-state index in [1.165, 1.54) is 4.88 Å². The molecule has 0 aliphatic carbocycles. The highest BCUT2D eigenvalue weighted by Crippen LogP contribution is 2.37. The van der Waals surface area contributed by atoms with Gasteiger partial charge in [-0.1, -0.05) is 29.8 Å². The Morgan fingerprint density at radius 1 is 1.16 bits per heavy atom. The van der Waals surface area contributed by atoms with Crippen LogP contribution in [0.25, 0.3) is 5.00 Å². The molecule has 162 valence electrons. The van der Waals surface area contributed by atoms with Crippen molar-refractivity contribution < 1.29 is 4.74 Å². The summed E-state index contributed by atoms with van der Waals surface area (Å²) in [5.74, 6) is 1.77. The Kier molecular flexibility index (Phi) is 5.93. The van der Waals surface area contributed by atoms with E-state index in [0.29, 0.717) is 5.02 Å². The predicted molar refractivity (Wildman–Crippen MR) is 125 cm³/mol. The first-order valence-corrected chi connectivity index (χ1v) is 12.0. The topological polar surface area (TPSA) is 55.5 Å². The summed E-state index contributed by atoms with van der Waals surface area (Å²) in [6.45, 7) is 8.93. The quantitative estimate of drug-likeness (QED) is 0.569. The second-order valence-corrected chi connectivity index (χ2v) is 9.59.